The first-order valence-corrected chi connectivity index (χ1v) is 2.86. The molecule has 6 heteroatoms. The van der Waals surface area contributed by atoms with Gasteiger partial charge in [-0.25, -0.2) is 0 Å². The third-order valence-electron chi connectivity index (χ3n) is 1.10. The van der Waals surface area contributed by atoms with Gasteiger partial charge in [-0.2, -0.15) is 0 Å². The maximum Gasteiger partial charge on any atom is 0.574 e. The van der Waals surface area contributed by atoms with Crippen molar-refractivity contribution in [3.63, 3.8) is 0 Å². The van der Waals surface area contributed by atoms with Gasteiger partial charge in [0.05, 0.1) is 6.54 Å². The fourth-order valence-corrected chi connectivity index (χ4v) is 0.669. The Morgan fingerprint density at radius 2 is 2.27 bits per heavy atom. The summed E-state index contributed by atoms with van der Waals surface area (Å²) in [6.07, 6.45) is -3.37. The van der Waals surface area contributed by atoms with Crippen molar-refractivity contribution in [1.29, 1.82) is 0 Å². The quantitative estimate of drug-likeness (QED) is 0.578. The van der Waals surface area contributed by atoms with Crippen molar-refractivity contribution in [3.8, 4) is 0 Å². The molecule has 1 aliphatic rings. The summed E-state index contributed by atoms with van der Waals surface area (Å²) < 4.78 is 38.3. The van der Waals surface area contributed by atoms with E-state index in [-0.39, 0.29) is 12.4 Å². The Bertz CT molecular complexity index is 177. The molecule has 0 aromatic carbocycles. The smallest absolute Gasteiger partial charge is 0.389 e. The second-order valence-corrected chi connectivity index (χ2v) is 1.94. The fourth-order valence-electron chi connectivity index (χ4n) is 0.669. The van der Waals surface area contributed by atoms with Gasteiger partial charge < -0.3 is 4.74 Å². The third-order valence-corrected chi connectivity index (χ3v) is 1.10. The van der Waals surface area contributed by atoms with Gasteiger partial charge in [-0.1, -0.05) is 0 Å². The standard InChI is InChI=1S/C5H6F3N2O/c1-10-4(2-3-9-10)11-5(6,7)8/h2H,3H2,1H3. The van der Waals surface area contributed by atoms with Crippen LogP contribution in [0.5, 0.6) is 0 Å². The van der Waals surface area contributed by atoms with Crippen LogP contribution < -0.4 is 5.43 Å². The molecule has 0 unspecified atom stereocenters. The Labute approximate surface area is 61.4 Å². The van der Waals surface area contributed by atoms with Crippen LogP contribution in [-0.2, 0) is 4.74 Å². The number of rotatable bonds is 1. The normalized spacial score (nSPS) is 18.5. The van der Waals surface area contributed by atoms with Crippen molar-refractivity contribution >= 4 is 0 Å². The molecule has 0 spiro atoms. The monoisotopic (exact) mass is 167 g/mol. The zero-order valence-corrected chi connectivity index (χ0v) is 5.72. The summed E-state index contributed by atoms with van der Waals surface area (Å²) in [7, 11) is 1.39. The predicted octanol–water partition coefficient (Wildman–Crippen LogP) is 0.829. The number of nitrogens with zero attached hydrogens (tertiary/aromatic N) is 2. The highest BCUT2D eigenvalue weighted by Crippen LogP contribution is 2.22. The largest absolute Gasteiger partial charge is 0.574 e. The SMILES string of the molecule is CN1[N]CC=C1OC(F)(F)F. The second-order valence-electron chi connectivity index (χ2n) is 1.94. The molecule has 0 aliphatic carbocycles. The van der Waals surface area contributed by atoms with E-state index in [1.807, 2.05) is 0 Å². The number of hydrogen-bond donors (Lipinski definition) is 0. The molecule has 3 nitrogen and oxygen atoms in total. The van der Waals surface area contributed by atoms with Crippen LogP contribution in [0.4, 0.5) is 13.2 Å². The van der Waals surface area contributed by atoms with Crippen LogP contribution >= 0.6 is 0 Å². The van der Waals surface area contributed by atoms with Gasteiger partial charge >= 0.3 is 6.36 Å². The Morgan fingerprint density at radius 3 is 2.64 bits per heavy atom. The predicted molar refractivity (Wildman–Crippen MR) is 30.0 cm³/mol. The molecule has 0 bridgehead atoms. The van der Waals surface area contributed by atoms with E-state index in [0.717, 1.165) is 5.01 Å². The first kappa shape index (κ1) is 8.19. The minimum Gasteiger partial charge on any atom is -0.389 e. The molecular formula is C5H6F3N2O. The highest BCUT2D eigenvalue weighted by atomic mass is 19.4. The van der Waals surface area contributed by atoms with E-state index in [2.05, 4.69) is 10.2 Å². The van der Waals surface area contributed by atoms with Crippen LogP contribution in [0.1, 0.15) is 0 Å². The van der Waals surface area contributed by atoms with Gasteiger partial charge in [0, 0.05) is 7.05 Å². The lowest BCUT2D eigenvalue weighted by atomic mass is 10.6. The Kier molecular flexibility index (Phi) is 1.95. The summed E-state index contributed by atoms with van der Waals surface area (Å²) in [6.45, 7) is 0.238. The van der Waals surface area contributed by atoms with Crippen molar-refractivity contribution in [2.24, 2.45) is 0 Å². The summed E-state index contributed by atoms with van der Waals surface area (Å²) in [6, 6.07) is 0. The molecule has 63 valence electrons. The number of alkyl halides is 3. The van der Waals surface area contributed by atoms with Gasteiger partial charge in [0.1, 0.15) is 0 Å². The molecule has 0 amide bonds. The van der Waals surface area contributed by atoms with Gasteiger partial charge in [-0.15, -0.1) is 18.6 Å². The van der Waals surface area contributed by atoms with Crippen molar-refractivity contribution < 1.29 is 17.9 Å². The van der Waals surface area contributed by atoms with E-state index in [4.69, 9.17) is 0 Å². The van der Waals surface area contributed by atoms with Gasteiger partial charge in [0.25, 0.3) is 0 Å². The lowest BCUT2D eigenvalue weighted by Crippen LogP contribution is -2.25. The lowest BCUT2D eigenvalue weighted by molar-refractivity contribution is -0.313. The maximum absolute atomic E-state index is 11.5. The summed E-state index contributed by atoms with van der Waals surface area (Å²) in [5.74, 6) is -0.266. The maximum atomic E-state index is 11.5. The Balaban J connectivity index is 2.49. The molecule has 1 rings (SSSR count). The molecule has 0 aromatic rings. The summed E-state index contributed by atoms with van der Waals surface area (Å²) in [5, 5.41) is 1.05. The molecule has 1 radical (unpaired) electrons. The van der Waals surface area contributed by atoms with Crippen molar-refractivity contribution in [2.75, 3.05) is 13.6 Å². The minimum absolute atomic E-state index is 0.238. The van der Waals surface area contributed by atoms with E-state index in [9.17, 15) is 13.2 Å². The summed E-state index contributed by atoms with van der Waals surface area (Å²) >= 11 is 0. The van der Waals surface area contributed by atoms with E-state index in [1.165, 1.54) is 13.1 Å². The van der Waals surface area contributed by atoms with Crippen LogP contribution in [0.15, 0.2) is 12.0 Å². The van der Waals surface area contributed by atoms with E-state index >= 15 is 0 Å². The number of hydrogen-bond acceptors (Lipinski definition) is 2. The van der Waals surface area contributed by atoms with Crippen molar-refractivity contribution in [1.82, 2.24) is 10.4 Å². The average molecular weight is 167 g/mol. The van der Waals surface area contributed by atoms with Gasteiger partial charge in [-0.05, 0) is 6.08 Å². The highest BCUT2D eigenvalue weighted by molar-refractivity contribution is 4.97. The van der Waals surface area contributed by atoms with Gasteiger partial charge in [0.2, 0.25) is 5.88 Å². The van der Waals surface area contributed by atoms with E-state index < -0.39 is 6.36 Å². The molecule has 1 aliphatic heterocycles. The van der Waals surface area contributed by atoms with Crippen LogP contribution in [0, 0.1) is 0 Å². The molecule has 1 heterocycles. The zero-order chi connectivity index (χ0) is 8.48. The van der Waals surface area contributed by atoms with Crippen molar-refractivity contribution in [3.05, 3.63) is 12.0 Å². The highest BCUT2D eigenvalue weighted by Gasteiger charge is 2.34. The lowest BCUT2D eigenvalue weighted by Gasteiger charge is -2.15. The molecule has 0 aromatic heterocycles. The molecule has 11 heavy (non-hydrogen) atoms. The molecule has 0 saturated carbocycles. The van der Waals surface area contributed by atoms with Crippen molar-refractivity contribution in [2.45, 2.75) is 6.36 Å². The number of ether oxygens (including phenoxy) is 1. The van der Waals surface area contributed by atoms with Crippen LogP contribution in [0.25, 0.3) is 0 Å². The topological polar surface area (TPSA) is 26.6 Å². The molecule has 0 N–H and O–H groups in total. The number of halogens is 3. The first-order chi connectivity index (χ1) is 4.99. The van der Waals surface area contributed by atoms with Crippen LogP contribution in [-0.4, -0.2) is 25.0 Å². The van der Waals surface area contributed by atoms with Crippen LogP contribution in [0.2, 0.25) is 0 Å². The zero-order valence-electron chi connectivity index (χ0n) is 5.72. The van der Waals surface area contributed by atoms with Gasteiger partial charge in [-0.3, -0.25) is 5.01 Å². The molecule has 0 fully saturated rings. The fraction of sp³-hybridized carbons (Fsp3) is 0.600. The molecular weight excluding hydrogens is 161 g/mol. The first-order valence-electron chi connectivity index (χ1n) is 2.86. The van der Waals surface area contributed by atoms with E-state index in [1.54, 1.807) is 0 Å². The summed E-state index contributed by atoms with van der Waals surface area (Å²) in [4.78, 5) is 0. The summed E-state index contributed by atoms with van der Waals surface area (Å²) in [5.41, 5.74) is 3.62. The average Bonchev–Trinajstić information content (AvgIpc) is 2.12. The molecule has 0 atom stereocenters. The third kappa shape index (κ3) is 2.30. The second kappa shape index (κ2) is 2.61. The van der Waals surface area contributed by atoms with Crippen LogP contribution in [0.3, 0.4) is 0 Å². The van der Waals surface area contributed by atoms with E-state index in [0.29, 0.717) is 0 Å². The minimum atomic E-state index is -4.63. The Morgan fingerprint density at radius 1 is 1.64 bits per heavy atom. The van der Waals surface area contributed by atoms with Gasteiger partial charge in [0.15, 0.2) is 0 Å². The Hall–Kier alpha value is -0.910. The molecule has 0 saturated heterocycles.